The van der Waals surface area contributed by atoms with Gasteiger partial charge in [0.2, 0.25) is 0 Å². The minimum atomic E-state index is 0.156. The smallest absolute Gasteiger partial charge is 0.131 e. The van der Waals surface area contributed by atoms with Crippen LogP contribution in [0.15, 0.2) is 48.5 Å². The molecule has 0 bridgehead atoms. The predicted octanol–water partition coefficient (Wildman–Crippen LogP) is 4.35. The number of halogens is 1. The standard InChI is InChI=1S/C16H16IN3/c1-11(18-13-8-4-3-7-12(13)17)16-19-14-9-5-6-10-15(14)20(16)2/h3-11,18H,1-2H3. The molecular formula is C16H16IN3. The van der Waals surface area contributed by atoms with Gasteiger partial charge >= 0.3 is 0 Å². The third-order valence-electron chi connectivity index (χ3n) is 3.45. The number of rotatable bonds is 3. The Morgan fingerprint density at radius 2 is 1.80 bits per heavy atom. The number of anilines is 1. The van der Waals surface area contributed by atoms with Crippen LogP contribution in [0.25, 0.3) is 11.0 Å². The SMILES string of the molecule is CC(Nc1ccccc1I)c1nc2ccccc2n1C. The van der Waals surface area contributed by atoms with Gasteiger partial charge in [0.15, 0.2) is 0 Å². The Morgan fingerprint density at radius 3 is 2.55 bits per heavy atom. The van der Waals surface area contributed by atoms with Crippen molar-refractivity contribution in [2.75, 3.05) is 5.32 Å². The molecule has 1 atom stereocenters. The van der Waals surface area contributed by atoms with E-state index in [9.17, 15) is 0 Å². The Labute approximate surface area is 132 Å². The van der Waals surface area contributed by atoms with E-state index in [1.54, 1.807) is 0 Å². The van der Waals surface area contributed by atoms with Gasteiger partial charge in [-0.1, -0.05) is 24.3 Å². The van der Waals surface area contributed by atoms with E-state index >= 15 is 0 Å². The van der Waals surface area contributed by atoms with Crippen molar-refractivity contribution in [1.82, 2.24) is 9.55 Å². The van der Waals surface area contributed by atoms with Crippen LogP contribution in [-0.4, -0.2) is 9.55 Å². The summed E-state index contributed by atoms with van der Waals surface area (Å²) < 4.78 is 3.37. The lowest BCUT2D eigenvalue weighted by Gasteiger charge is -2.16. The van der Waals surface area contributed by atoms with Gasteiger partial charge in [0.05, 0.1) is 17.1 Å². The summed E-state index contributed by atoms with van der Waals surface area (Å²) in [7, 11) is 2.07. The Hall–Kier alpha value is -1.56. The van der Waals surface area contributed by atoms with Gasteiger partial charge in [0.25, 0.3) is 0 Å². The van der Waals surface area contributed by atoms with Gasteiger partial charge < -0.3 is 9.88 Å². The monoisotopic (exact) mass is 377 g/mol. The number of para-hydroxylation sites is 3. The second kappa shape index (κ2) is 5.44. The summed E-state index contributed by atoms with van der Waals surface area (Å²) in [5, 5.41) is 3.54. The van der Waals surface area contributed by atoms with Crippen LogP contribution < -0.4 is 5.32 Å². The van der Waals surface area contributed by atoms with Crippen LogP contribution in [0, 0.1) is 3.57 Å². The minimum absolute atomic E-state index is 0.156. The molecule has 102 valence electrons. The van der Waals surface area contributed by atoms with Crippen molar-refractivity contribution < 1.29 is 0 Å². The molecule has 20 heavy (non-hydrogen) atoms. The number of imidazole rings is 1. The molecule has 0 fully saturated rings. The van der Waals surface area contributed by atoms with Crippen molar-refractivity contribution in [3.8, 4) is 0 Å². The molecule has 0 aliphatic rings. The lowest BCUT2D eigenvalue weighted by atomic mass is 10.2. The molecule has 2 aromatic carbocycles. The molecule has 4 heteroatoms. The lowest BCUT2D eigenvalue weighted by Crippen LogP contribution is -2.12. The zero-order valence-corrected chi connectivity index (χ0v) is 13.6. The van der Waals surface area contributed by atoms with E-state index in [1.807, 2.05) is 24.3 Å². The lowest BCUT2D eigenvalue weighted by molar-refractivity contribution is 0.733. The minimum Gasteiger partial charge on any atom is -0.375 e. The average Bonchev–Trinajstić information content (AvgIpc) is 2.79. The zero-order chi connectivity index (χ0) is 14.1. The van der Waals surface area contributed by atoms with E-state index in [-0.39, 0.29) is 6.04 Å². The Kier molecular flexibility index (Phi) is 3.65. The van der Waals surface area contributed by atoms with Gasteiger partial charge in [-0.05, 0) is 53.8 Å². The molecule has 0 spiro atoms. The number of hydrogen-bond acceptors (Lipinski definition) is 2. The molecule has 0 aliphatic carbocycles. The highest BCUT2D eigenvalue weighted by Crippen LogP contribution is 2.25. The van der Waals surface area contributed by atoms with Crippen LogP contribution in [0.1, 0.15) is 18.8 Å². The molecule has 3 aromatic rings. The number of nitrogens with one attached hydrogen (secondary N) is 1. The molecule has 0 saturated heterocycles. The first-order chi connectivity index (χ1) is 9.66. The van der Waals surface area contributed by atoms with Crippen molar-refractivity contribution >= 4 is 39.3 Å². The van der Waals surface area contributed by atoms with Crippen molar-refractivity contribution in [1.29, 1.82) is 0 Å². The maximum Gasteiger partial charge on any atom is 0.131 e. The Bertz CT molecular complexity index is 748. The van der Waals surface area contributed by atoms with Crippen molar-refractivity contribution in [2.24, 2.45) is 7.05 Å². The number of nitrogens with zero attached hydrogens (tertiary/aromatic N) is 2. The third kappa shape index (κ3) is 2.40. The molecule has 0 amide bonds. The molecule has 1 aromatic heterocycles. The van der Waals surface area contributed by atoms with E-state index in [4.69, 9.17) is 4.98 Å². The number of aryl methyl sites for hydroxylation is 1. The molecule has 1 heterocycles. The summed E-state index contributed by atoms with van der Waals surface area (Å²) in [6.07, 6.45) is 0. The fourth-order valence-corrected chi connectivity index (χ4v) is 2.97. The fourth-order valence-electron chi connectivity index (χ4n) is 2.43. The summed E-state index contributed by atoms with van der Waals surface area (Å²) in [5.74, 6) is 1.05. The van der Waals surface area contributed by atoms with Crippen LogP contribution in [0.3, 0.4) is 0 Å². The highest BCUT2D eigenvalue weighted by molar-refractivity contribution is 14.1. The molecule has 0 saturated carbocycles. The first-order valence-electron chi connectivity index (χ1n) is 6.59. The number of fused-ring (bicyclic) bond motifs is 1. The van der Waals surface area contributed by atoms with Crippen LogP contribution in [0.2, 0.25) is 0 Å². The van der Waals surface area contributed by atoms with Crippen LogP contribution in [-0.2, 0) is 7.05 Å². The Balaban J connectivity index is 1.95. The summed E-state index contributed by atoms with van der Waals surface area (Å²) in [6, 6.07) is 16.7. The fraction of sp³-hybridized carbons (Fsp3) is 0.188. The summed E-state index contributed by atoms with van der Waals surface area (Å²) >= 11 is 2.35. The molecule has 3 nitrogen and oxygen atoms in total. The molecular weight excluding hydrogens is 361 g/mol. The van der Waals surface area contributed by atoms with E-state index in [1.165, 1.54) is 9.09 Å². The highest BCUT2D eigenvalue weighted by Gasteiger charge is 2.14. The maximum atomic E-state index is 4.74. The Morgan fingerprint density at radius 1 is 1.10 bits per heavy atom. The van der Waals surface area contributed by atoms with E-state index in [2.05, 4.69) is 70.7 Å². The summed E-state index contributed by atoms with van der Waals surface area (Å²) in [5.41, 5.74) is 3.35. The third-order valence-corrected chi connectivity index (χ3v) is 4.40. The molecule has 1 unspecified atom stereocenters. The number of benzene rings is 2. The summed E-state index contributed by atoms with van der Waals surface area (Å²) in [4.78, 5) is 4.74. The quantitative estimate of drug-likeness (QED) is 0.688. The zero-order valence-electron chi connectivity index (χ0n) is 11.5. The normalized spacial score (nSPS) is 12.6. The van der Waals surface area contributed by atoms with Gasteiger partial charge in [0.1, 0.15) is 5.82 Å². The molecule has 1 N–H and O–H groups in total. The first-order valence-corrected chi connectivity index (χ1v) is 7.67. The van der Waals surface area contributed by atoms with Gasteiger partial charge in [0, 0.05) is 16.3 Å². The van der Waals surface area contributed by atoms with Crippen LogP contribution in [0.5, 0.6) is 0 Å². The maximum absolute atomic E-state index is 4.74. The topological polar surface area (TPSA) is 29.9 Å². The van der Waals surface area contributed by atoms with Crippen LogP contribution >= 0.6 is 22.6 Å². The number of hydrogen-bond donors (Lipinski definition) is 1. The van der Waals surface area contributed by atoms with Crippen molar-refractivity contribution in [3.05, 3.63) is 57.9 Å². The van der Waals surface area contributed by atoms with E-state index in [0.29, 0.717) is 0 Å². The van der Waals surface area contributed by atoms with Gasteiger partial charge in [-0.15, -0.1) is 0 Å². The first kappa shape index (κ1) is 13.4. The van der Waals surface area contributed by atoms with Crippen molar-refractivity contribution in [2.45, 2.75) is 13.0 Å². The predicted molar refractivity (Wildman–Crippen MR) is 91.9 cm³/mol. The van der Waals surface area contributed by atoms with Crippen LogP contribution in [0.4, 0.5) is 5.69 Å². The van der Waals surface area contributed by atoms with E-state index < -0.39 is 0 Å². The second-order valence-electron chi connectivity index (χ2n) is 4.86. The summed E-state index contributed by atoms with van der Waals surface area (Å²) in [6.45, 7) is 2.14. The highest BCUT2D eigenvalue weighted by atomic mass is 127. The van der Waals surface area contributed by atoms with Gasteiger partial charge in [-0.25, -0.2) is 4.98 Å². The van der Waals surface area contributed by atoms with Gasteiger partial charge in [-0.3, -0.25) is 0 Å². The molecule has 0 radical (unpaired) electrons. The second-order valence-corrected chi connectivity index (χ2v) is 6.03. The largest absolute Gasteiger partial charge is 0.375 e. The number of aromatic nitrogens is 2. The van der Waals surface area contributed by atoms with E-state index in [0.717, 1.165) is 17.0 Å². The van der Waals surface area contributed by atoms with Gasteiger partial charge in [-0.2, -0.15) is 0 Å². The average molecular weight is 377 g/mol. The van der Waals surface area contributed by atoms with Crippen molar-refractivity contribution in [3.63, 3.8) is 0 Å². The molecule has 3 rings (SSSR count). The molecule has 0 aliphatic heterocycles.